The molecule has 2 rings (SSSR count). The summed E-state index contributed by atoms with van der Waals surface area (Å²) in [5, 5.41) is 3.86. The second kappa shape index (κ2) is 7.63. The van der Waals surface area contributed by atoms with Gasteiger partial charge in [-0.3, -0.25) is 4.79 Å². The van der Waals surface area contributed by atoms with Gasteiger partial charge in [-0.15, -0.1) is 0 Å². The van der Waals surface area contributed by atoms with Crippen LogP contribution in [0, 0.1) is 0 Å². The zero-order valence-electron chi connectivity index (χ0n) is 12.3. The van der Waals surface area contributed by atoms with Gasteiger partial charge in [-0.05, 0) is 41.8 Å². The van der Waals surface area contributed by atoms with Gasteiger partial charge in [-0.1, -0.05) is 54.7 Å². The van der Waals surface area contributed by atoms with Gasteiger partial charge in [-0.2, -0.15) is 0 Å². The first kappa shape index (κ1) is 16.8. The third-order valence-electron chi connectivity index (χ3n) is 3.34. The molecule has 2 aromatic rings. The van der Waals surface area contributed by atoms with Crippen LogP contribution in [0.25, 0.3) is 11.1 Å². The highest BCUT2D eigenvalue weighted by atomic mass is 35.5. The van der Waals surface area contributed by atoms with Gasteiger partial charge in [0.15, 0.2) is 0 Å². The van der Waals surface area contributed by atoms with Crippen molar-refractivity contribution in [1.82, 2.24) is 0 Å². The number of carbonyl (C=O) groups is 1. The van der Waals surface area contributed by atoms with E-state index in [-0.39, 0.29) is 5.91 Å². The molecule has 0 saturated carbocycles. The van der Waals surface area contributed by atoms with Gasteiger partial charge < -0.3 is 11.1 Å². The van der Waals surface area contributed by atoms with Crippen molar-refractivity contribution in [1.29, 1.82) is 0 Å². The molecule has 0 fully saturated rings. The minimum absolute atomic E-state index is 0.163. The van der Waals surface area contributed by atoms with Crippen LogP contribution in [0.5, 0.6) is 0 Å². The smallest absolute Gasteiger partial charge is 0.241 e. The molecule has 22 heavy (non-hydrogen) atoms. The quantitative estimate of drug-likeness (QED) is 0.829. The number of hydrogen-bond acceptors (Lipinski definition) is 2. The maximum absolute atomic E-state index is 11.9. The Morgan fingerprint density at radius 1 is 1.09 bits per heavy atom. The standard InChI is InChI=1S/C17H18Cl2N2O/c1-2-3-16(20)17(22)21-13-7-4-11(5-8-13)12-6-9-14(18)15(19)10-12/h4-10,16H,2-3,20H2,1H3,(H,21,22)/t16-/m0/s1. The van der Waals surface area contributed by atoms with E-state index >= 15 is 0 Å². The fraction of sp³-hybridized carbons (Fsp3) is 0.235. The van der Waals surface area contributed by atoms with Crippen LogP contribution in [0.2, 0.25) is 10.0 Å². The number of nitrogens with two attached hydrogens (primary N) is 1. The molecule has 0 bridgehead atoms. The monoisotopic (exact) mass is 336 g/mol. The van der Waals surface area contributed by atoms with Crippen LogP contribution in [0.1, 0.15) is 19.8 Å². The van der Waals surface area contributed by atoms with Crippen LogP contribution in [0.15, 0.2) is 42.5 Å². The van der Waals surface area contributed by atoms with Crippen molar-refractivity contribution in [2.24, 2.45) is 5.73 Å². The number of rotatable bonds is 5. The molecular weight excluding hydrogens is 319 g/mol. The minimum Gasteiger partial charge on any atom is -0.325 e. The Morgan fingerprint density at radius 2 is 1.73 bits per heavy atom. The molecule has 2 aromatic carbocycles. The van der Waals surface area contributed by atoms with E-state index in [0.717, 1.165) is 23.2 Å². The Hall–Kier alpha value is -1.55. The summed E-state index contributed by atoms with van der Waals surface area (Å²) in [6.07, 6.45) is 1.55. The first-order valence-corrected chi connectivity index (χ1v) is 7.88. The highest BCUT2D eigenvalue weighted by molar-refractivity contribution is 6.42. The second-order valence-corrected chi connectivity index (χ2v) is 5.91. The molecule has 3 nitrogen and oxygen atoms in total. The normalized spacial score (nSPS) is 12.0. The highest BCUT2D eigenvalue weighted by Crippen LogP contribution is 2.29. The summed E-state index contributed by atoms with van der Waals surface area (Å²) in [5.74, 6) is -0.163. The van der Waals surface area contributed by atoms with Gasteiger partial charge in [0.2, 0.25) is 5.91 Å². The Bertz CT molecular complexity index is 656. The predicted octanol–water partition coefficient (Wildman–Crippen LogP) is 4.73. The van der Waals surface area contributed by atoms with Crippen molar-refractivity contribution in [3.05, 3.63) is 52.5 Å². The van der Waals surface area contributed by atoms with Crippen molar-refractivity contribution in [3.63, 3.8) is 0 Å². The van der Waals surface area contributed by atoms with E-state index in [1.807, 2.05) is 43.3 Å². The fourth-order valence-electron chi connectivity index (χ4n) is 2.10. The Kier molecular flexibility index (Phi) is 5.83. The van der Waals surface area contributed by atoms with E-state index in [2.05, 4.69) is 5.32 Å². The molecule has 0 aliphatic heterocycles. The third-order valence-corrected chi connectivity index (χ3v) is 4.08. The summed E-state index contributed by atoms with van der Waals surface area (Å²) in [5.41, 5.74) is 8.47. The maximum atomic E-state index is 11.9. The lowest BCUT2D eigenvalue weighted by Gasteiger charge is -2.11. The summed E-state index contributed by atoms with van der Waals surface area (Å²) >= 11 is 11.9. The first-order valence-electron chi connectivity index (χ1n) is 7.13. The first-order chi connectivity index (χ1) is 10.5. The van der Waals surface area contributed by atoms with Crippen LogP contribution >= 0.6 is 23.2 Å². The average Bonchev–Trinajstić information content (AvgIpc) is 2.51. The lowest BCUT2D eigenvalue weighted by molar-refractivity contribution is -0.117. The predicted molar refractivity (Wildman–Crippen MR) is 93.4 cm³/mol. The molecule has 0 radical (unpaired) electrons. The van der Waals surface area contributed by atoms with Gasteiger partial charge in [0.25, 0.3) is 0 Å². The van der Waals surface area contributed by atoms with E-state index in [9.17, 15) is 4.79 Å². The van der Waals surface area contributed by atoms with Crippen molar-refractivity contribution < 1.29 is 4.79 Å². The Morgan fingerprint density at radius 3 is 2.32 bits per heavy atom. The number of nitrogens with one attached hydrogen (secondary N) is 1. The lowest BCUT2D eigenvalue weighted by Crippen LogP contribution is -2.35. The number of carbonyl (C=O) groups excluding carboxylic acids is 1. The van der Waals surface area contributed by atoms with Crippen LogP contribution in [-0.4, -0.2) is 11.9 Å². The Balaban J connectivity index is 2.10. The molecule has 1 amide bonds. The van der Waals surface area contributed by atoms with Gasteiger partial charge in [0.05, 0.1) is 16.1 Å². The van der Waals surface area contributed by atoms with E-state index in [1.165, 1.54) is 0 Å². The SMILES string of the molecule is CCC[C@H](N)C(=O)Nc1ccc(-c2ccc(Cl)c(Cl)c2)cc1. The van der Waals surface area contributed by atoms with Crippen molar-refractivity contribution in [2.45, 2.75) is 25.8 Å². The molecule has 0 aliphatic rings. The van der Waals surface area contributed by atoms with Gasteiger partial charge in [-0.25, -0.2) is 0 Å². The van der Waals surface area contributed by atoms with Gasteiger partial charge in [0, 0.05) is 5.69 Å². The van der Waals surface area contributed by atoms with Gasteiger partial charge >= 0.3 is 0 Å². The van der Waals surface area contributed by atoms with Gasteiger partial charge in [0.1, 0.15) is 0 Å². The minimum atomic E-state index is -0.472. The number of hydrogen-bond donors (Lipinski definition) is 2. The second-order valence-electron chi connectivity index (χ2n) is 5.09. The molecule has 116 valence electrons. The summed E-state index contributed by atoms with van der Waals surface area (Å²) in [4.78, 5) is 11.9. The van der Waals surface area contributed by atoms with Crippen molar-refractivity contribution in [3.8, 4) is 11.1 Å². The topological polar surface area (TPSA) is 55.1 Å². The molecule has 1 atom stereocenters. The number of amides is 1. The summed E-state index contributed by atoms with van der Waals surface area (Å²) in [7, 11) is 0. The maximum Gasteiger partial charge on any atom is 0.241 e. The number of halogens is 2. The summed E-state index contributed by atoms with van der Waals surface area (Å²) in [6.45, 7) is 2.00. The van der Waals surface area contributed by atoms with Crippen molar-refractivity contribution >= 4 is 34.8 Å². The number of benzene rings is 2. The zero-order valence-corrected chi connectivity index (χ0v) is 13.8. The van der Waals surface area contributed by atoms with Crippen LogP contribution in [-0.2, 0) is 4.79 Å². The summed E-state index contributed by atoms with van der Waals surface area (Å²) in [6, 6.07) is 12.5. The Labute approximate surface area is 140 Å². The van der Waals surface area contributed by atoms with E-state index in [4.69, 9.17) is 28.9 Å². The highest BCUT2D eigenvalue weighted by Gasteiger charge is 2.12. The number of anilines is 1. The zero-order chi connectivity index (χ0) is 16.1. The molecule has 0 spiro atoms. The van der Waals surface area contributed by atoms with E-state index in [0.29, 0.717) is 16.5 Å². The molecule has 0 unspecified atom stereocenters. The van der Waals surface area contributed by atoms with E-state index < -0.39 is 6.04 Å². The molecule has 0 aliphatic carbocycles. The molecule has 3 N–H and O–H groups in total. The van der Waals surface area contributed by atoms with Crippen LogP contribution in [0.4, 0.5) is 5.69 Å². The molecular formula is C17H18Cl2N2O. The van der Waals surface area contributed by atoms with Crippen molar-refractivity contribution in [2.75, 3.05) is 5.32 Å². The average molecular weight is 337 g/mol. The van der Waals surface area contributed by atoms with E-state index in [1.54, 1.807) is 6.07 Å². The molecule has 5 heteroatoms. The lowest BCUT2D eigenvalue weighted by atomic mass is 10.1. The van der Waals surface area contributed by atoms with Crippen LogP contribution in [0.3, 0.4) is 0 Å². The largest absolute Gasteiger partial charge is 0.325 e. The fourth-order valence-corrected chi connectivity index (χ4v) is 2.40. The molecule has 0 heterocycles. The molecule has 0 saturated heterocycles. The third kappa shape index (κ3) is 4.23. The molecule has 0 aromatic heterocycles. The van der Waals surface area contributed by atoms with Crippen LogP contribution < -0.4 is 11.1 Å². The summed E-state index contributed by atoms with van der Waals surface area (Å²) < 4.78 is 0.